The van der Waals surface area contributed by atoms with Crippen LogP contribution in [-0.2, 0) is 4.74 Å². The molecule has 1 aromatic carbocycles. The Morgan fingerprint density at radius 3 is 2.43 bits per heavy atom. The Bertz CT molecular complexity index is 586. The minimum atomic E-state index is -0.743. The van der Waals surface area contributed by atoms with Gasteiger partial charge in [0.05, 0.1) is 18.2 Å². The number of primary amides is 1. The lowest BCUT2D eigenvalue weighted by atomic mass is 9.86. The number of nitrogens with one attached hydrogen (secondary N) is 2. The van der Waals surface area contributed by atoms with Gasteiger partial charge in [-0.3, -0.25) is 0 Å². The van der Waals surface area contributed by atoms with Gasteiger partial charge in [0.1, 0.15) is 0 Å². The van der Waals surface area contributed by atoms with Crippen LogP contribution in [0.25, 0.3) is 0 Å². The predicted octanol–water partition coefficient (Wildman–Crippen LogP) is 2.33. The molecule has 0 heterocycles. The first-order valence-electron chi connectivity index (χ1n) is 7.56. The number of rotatable bonds is 4. The molecule has 3 amide bonds. The van der Waals surface area contributed by atoms with Crippen molar-refractivity contribution < 1.29 is 14.3 Å². The van der Waals surface area contributed by atoms with Crippen molar-refractivity contribution in [2.75, 3.05) is 11.9 Å². The zero-order valence-corrected chi connectivity index (χ0v) is 12.7. The lowest BCUT2D eigenvalue weighted by molar-refractivity contribution is 0.120. The molecule has 1 saturated carbocycles. The van der Waals surface area contributed by atoms with E-state index in [0.29, 0.717) is 23.8 Å². The topological polar surface area (TPSA) is 117 Å². The predicted molar refractivity (Wildman–Crippen MR) is 84.6 cm³/mol. The highest BCUT2D eigenvalue weighted by Gasteiger charge is 2.23. The Morgan fingerprint density at radius 2 is 1.87 bits per heavy atom. The van der Waals surface area contributed by atoms with Crippen LogP contribution in [0.4, 0.5) is 15.3 Å². The molecule has 0 spiro atoms. The van der Waals surface area contributed by atoms with E-state index in [9.17, 15) is 9.59 Å². The molecule has 122 valence electrons. The molecule has 1 aliphatic carbocycles. The summed E-state index contributed by atoms with van der Waals surface area (Å²) in [5.74, 6) is 0.308. The summed E-state index contributed by atoms with van der Waals surface area (Å²) in [5, 5.41) is 14.4. The number of nitrogens with zero attached hydrogens (tertiary/aromatic N) is 1. The number of nitrogens with two attached hydrogens (primary N) is 1. The van der Waals surface area contributed by atoms with Crippen molar-refractivity contribution in [3.8, 4) is 6.07 Å². The molecule has 0 unspecified atom stereocenters. The molecule has 0 radical (unpaired) electrons. The molecule has 0 atom stereocenters. The summed E-state index contributed by atoms with van der Waals surface area (Å²) in [6.07, 6.45) is 2.71. The van der Waals surface area contributed by atoms with E-state index in [1.54, 1.807) is 24.3 Å². The van der Waals surface area contributed by atoms with E-state index < -0.39 is 6.09 Å². The van der Waals surface area contributed by atoms with Crippen LogP contribution in [0.15, 0.2) is 24.3 Å². The second-order valence-electron chi connectivity index (χ2n) is 5.64. The summed E-state index contributed by atoms with van der Waals surface area (Å²) >= 11 is 0. The van der Waals surface area contributed by atoms with Crippen LogP contribution < -0.4 is 16.4 Å². The number of urea groups is 1. The number of ether oxygens (including phenoxy) is 1. The zero-order valence-electron chi connectivity index (χ0n) is 12.7. The first-order chi connectivity index (χ1) is 11.1. The Morgan fingerprint density at radius 1 is 1.22 bits per heavy atom. The van der Waals surface area contributed by atoms with Crippen molar-refractivity contribution in [1.82, 2.24) is 5.32 Å². The second kappa shape index (κ2) is 8.03. The number of anilines is 1. The van der Waals surface area contributed by atoms with Gasteiger partial charge in [0, 0.05) is 11.7 Å². The van der Waals surface area contributed by atoms with Crippen LogP contribution in [0.3, 0.4) is 0 Å². The van der Waals surface area contributed by atoms with E-state index in [-0.39, 0.29) is 12.1 Å². The van der Waals surface area contributed by atoms with Crippen molar-refractivity contribution in [2.45, 2.75) is 31.7 Å². The van der Waals surface area contributed by atoms with Crippen LogP contribution in [0, 0.1) is 17.2 Å². The van der Waals surface area contributed by atoms with Gasteiger partial charge in [-0.25, -0.2) is 9.59 Å². The maximum Gasteiger partial charge on any atom is 0.404 e. The highest BCUT2D eigenvalue weighted by molar-refractivity contribution is 5.89. The molecular weight excluding hydrogens is 296 g/mol. The number of amides is 3. The second-order valence-corrected chi connectivity index (χ2v) is 5.64. The van der Waals surface area contributed by atoms with Gasteiger partial charge in [0.15, 0.2) is 0 Å². The maximum absolute atomic E-state index is 12.0. The van der Waals surface area contributed by atoms with Crippen LogP contribution in [-0.4, -0.2) is 24.8 Å². The third-order valence-electron chi connectivity index (χ3n) is 3.92. The number of hydrogen-bond donors (Lipinski definition) is 3. The lowest BCUT2D eigenvalue weighted by Crippen LogP contribution is -2.40. The van der Waals surface area contributed by atoms with Crippen LogP contribution in [0.1, 0.15) is 31.2 Å². The van der Waals surface area contributed by atoms with Crippen LogP contribution >= 0.6 is 0 Å². The summed E-state index contributed by atoms with van der Waals surface area (Å²) in [5.41, 5.74) is 6.14. The molecule has 2 rings (SSSR count). The molecular formula is C16H20N4O3. The van der Waals surface area contributed by atoms with Crippen LogP contribution in [0.5, 0.6) is 0 Å². The molecule has 1 aromatic rings. The van der Waals surface area contributed by atoms with Gasteiger partial charge in [0.2, 0.25) is 0 Å². The van der Waals surface area contributed by atoms with Gasteiger partial charge in [-0.1, -0.05) is 0 Å². The van der Waals surface area contributed by atoms with Gasteiger partial charge in [-0.15, -0.1) is 0 Å². The molecule has 7 heteroatoms. The molecule has 0 aliphatic heterocycles. The monoisotopic (exact) mass is 316 g/mol. The lowest BCUT2D eigenvalue weighted by Gasteiger charge is -2.28. The van der Waals surface area contributed by atoms with Crippen LogP contribution in [0.2, 0.25) is 0 Å². The van der Waals surface area contributed by atoms with E-state index >= 15 is 0 Å². The van der Waals surface area contributed by atoms with E-state index in [0.717, 1.165) is 25.7 Å². The Kier molecular flexibility index (Phi) is 5.80. The average molecular weight is 316 g/mol. The van der Waals surface area contributed by atoms with E-state index in [1.165, 1.54) is 0 Å². The zero-order chi connectivity index (χ0) is 16.7. The van der Waals surface area contributed by atoms with Crippen molar-refractivity contribution in [3.05, 3.63) is 29.8 Å². The summed E-state index contributed by atoms with van der Waals surface area (Å²) in [6, 6.07) is 8.56. The highest BCUT2D eigenvalue weighted by Crippen LogP contribution is 2.24. The fourth-order valence-corrected chi connectivity index (χ4v) is 2.65. The van der Waals surface area contributed by atoms with Gasteiger partial charge in [-0.2, -0.15) is 5.26 Å². The summed E-state index contributed by atoms with van der Waals surface area (Å²) in [4.78, 5) is 22.5. The molecule has 1 fully saturated rings. The summed E-state index contributed by atoms with van der Waals surface area (Å²) < 4.78 is 4.81. The number of hydrogen-bond acceptors (Lipinski definition) is 4. The molecule has 0 saturated heterocycles. The number of benzene rings is 1. The molecule has 4 N–H and O–H groups in total. The summed E-state index contributed by atoms with van der Waals surface area (Å²) in [7, 11) is 0. The smallest absolute Gasteiger partial charge is 0.404 e. The molecule has 7 nitrogen and oxygen atoms in total. The van der Waals surface area contributed by atoms with E-state index in [1.807, 2.05) is 6.07 Å². The van der Waals surface area contributed by atoms with E-state index in [4.69, 9.17) is 15.7 Å². The number of carbonyl (C=O) groups excluding carboxylic acids is 2. The van der Waals surface area contributed by atoms with E-state index in [2.05, 4.69) is 10.6 Å². The number of carbonyl (C=O) groups is 2. The van der Waals surface area contributed by atoms with Gasteiger partial charge >= 0.3 is 12.1 Å². The third kappa shape index (κ3) is 5.51. The Balaban J connectivity index is 1.72. The summed E-state index contributed by atoms with van der Waals surface area (Å²) in [6.45, 7) is 0.347. The van der Waals surface area contributed by atoms with Gasteiger partial charge in [0.25, 0.3) is 0 Å². The third-order valence-corrected chi connectivity index (χ3v) is 3.92. The first kappa shape index (κ1) is 16.6. The normalized spacial score (nSPS) is 20.1. The first-order valence-corrected chi connectivity index (χ1v) is 7.56. The molecule has 23 heavy (non-hydrogen) atoms. The van der Waals surface area contributed by atoms with Crippen molar-refractivity contribution in [2.24, 2.45) is 11.7 Å². The fraction of sp³-hybridized carbons (Fsp3) is 0.438. The van der Waals surface area contributed by atoms with Gasteiger partial charge < -0.3 is 21.1 Å². The molecule has 0 aromatic heterocycles. The minimum absolute atomic E-state index is 0.109. The average Bonchev–Trinajstić information content (AvgIpc) is 2.55. The van der Waals surface area contributed by atoms with Gasteiger partial charge in [-0.05, 0) is 55.9 Å². The van der Waals surface area contributed by atoms with Crippen molar-refractivity contribution in [1.29, 1.82) is 5.26 Å². The number of nitriles is 1. The Hall–Kier alpha value is -2.75. The minimum Gasteiger partial charge on any atom is -0.449 e. The highest BCUT2D eigenvalue weighted by atomic mass is 16.5. The largest absolute Gasteiger partial charge is 0.449 e. The quantitative estimate of drug-likeness (QED) is 0.790. The molecule has 0 bridgehead atoms. The Labute approximate surface area is 134 Å². The standard InChI is InChI=1S/C16H20N4O3/c17-9-11-1-5-13(6-2-11)19-16(22)20-14-7-3-12(4-8-14)10-23-15(18)21/h1-2,5-6,12,14H,3-4,7-8,10H2,(H2,18,21)(H2,19,20,22)/t12-,14+. The SMILES string of the molecule is N#Cc1ccc(NC(=O)N[C@H]2CC[C@@H](COC(N)=O)CC2)cc1. The maximum atomic E-state index is 12.0. The molecule has 1 aliphatic rings. The fourth-order valence-electron chi connectivity index (χ4n) is 2.65. The van der Waals surface area contributed by atoms with Crippen molar-refractivity contribution in [3.63, 3.8) is 0 Å². The van der Waals surface area contributed by atoms with Crippen molar-refractivity contribution >= 4 is 17.8 Å².